The number of carboxylic acids is 1. The van der Waals surface area contributed by atoms with Crippen LogP contribution in [0.4, 0.5) is 21.6 Å². The van der Waals surface area contributed by atoms with Crippen molar-refractivity contribution in [2.45, 2.75) is 65.1 Å². The van der Waals surface area contributed by atoms with E-state index in [0.29, 0.717) is 49.6 Å². The molecule has 2 fully saturated rings. The van der Waals surface area contributed by atoms with E-state index in [1.54, 1.807) is 6.07 Å². The first kappa shape index (κ1) is 31.3. The molecular formula is C34H39FN6O5. The van der Waals surface area contributed by atoms with Gasteiger partial charge in [-0.3, -0.25) is 24.0 Å². The molecule has 0 amide bonds. The number of fused-ring (bicyclic) bond motifs is 1. The Hall–Kier alpha value is -4.71. The predicted octanol–water partition coefficient (Wildman–Crippen LogP) is 4.38. The molecule has 0 radical (unpaired) electrons. The van der Waals surface area contributed by atoms with Crippen LogP contribution in [0, 0.1) is 19.7 Å². The number of rotatable bonds is 10. The Kier molecular flexibility index (Phi) is 8.56. The van der Waals surface area contributed by atoms with Gasteiger partial charge in [-0.15, -0.1) is 0 Å². The highest BCUT2D eigenvalue weighted by Gasteiger charge is 2.29. The van der Waals surface area contributed by atoms with Crippen molar-refractivity contribution in [3.8, 4) is 0 Å². The molecule has 1 saturated carbocycles. The minimum Gasteiger partial charge on any atom is -0.477 e. The number of benzene rings is 2. The van der Waals surface area contributed by atoms with E-state index < -0.39 is 22.9 Å². The average Bonchev–Trinajstić information content (AvgIpc) is 3.84. The van der Waals surface area contributed by atoms with E-state index in [1.165, 1.54) is 22.9 Å². The second-order valence-corrected chi connectivity index (χ2v) is 12.6. The molecule has 12 heteroatoms. The van der Waals surface area contributed by atoms with Crippen LogP contribution in [0.1, 0.15) is 60.1 Å². The Labute approximate surface area is 264 Å². The lowest BCUT2D eigenvalue weighted by atomic mass is 10.1. The number of anilines is 3. The number of unbranched alkanes of at least 4 members (excludes halogenated alkanes) is 1. The van der Waals surface area contributed by atoms with Crippen molar-refractivity contribution >= 4 is 34.1 Å². The minimum atomic E-state index is -1.31. The summed E-state index contributed by atoms with van der Waals surface area (Å²) in [5.74, 6) is -1.50. The maximum atomic E-state index is 15.4. The van der Waals surface area contributed by atoms with Gasteiger partial charge in [-0.1, -0.05) is 6.07 Å². The van der Waals surface area contributed by atoms with E-state index in [9.17, 15) is 24.3 Å². The van der Waals surface area contributed by atoms with Crippen LogP contribution < -0.4 is 26.9 Å². The molecule has 4 aromatic rings. The van der Waals surface area contributed by atoms with Crippen LogP contribution in [0.15, 0.2) is 57.0 Å². The van der Waals surface area contributed by atoms with E-state index in [4.69, 9.17) is 0 Å². The molecule has 2 aliphatic rings. The average molecular weight is 631 g/mol. The number of carboxylic acid groups (broad SMARTS) is 1. The van der Waals surface area contributed by atoms with Gasteiger partial charge in [0, 0.05) is 61.6 Å². The summed E-state index contributed by atoms with van der Waals surface area (Å²) in [5, 5.41) is 12.7. The fourth-order valence-electron chi connectivity index (χ4n) is 6.31. The number of hydrogen-bond acceptors (Lipinski definition) is 7. The van der Waals surface area contributed by atoms with Crippen LogP contribution in [0.5, 0.6) is 0 Å². The number of pyridine rings is 1. The van der Waals surface area contributed by atoms with Gasteiger partial charge in [0.25, 0.3) is 5.56 Å². The summed E-state index contributed by atoms with van der Waals surface area (Å²) in [6, 6.07) is 10.3. The highest BCUT2D eigenvalue weighted by Crippen LogP contribution is 2.38. The van der Waals surface area contributed by atoms with Gasteiger partial charge in [0.1, 0.15) is 17.2 Å². The summed E-state index contributed by atoms with van der Waals surface area (Å²) in [6.07, 6.45) is 4.60. The zero-order chi connectivity index (χ0) is 32.7. The van der Waals surface area contributed by atoms with Crippen molar-refractivity contribution < 1.29 is 14.3 Å². The van der Waals surface area contributed by atoms with E-state index in [2.05, 4.69) is 22.1 Å². The van der Waals surface area contributed by atoms with Gasteiger partial charge >= 0.3 is 11.7 Å². The molecule has 46 heavy (non-hydrogen) atoms. The Bertz CT molecular complexity index is 1960. The fourth-order valence-corrected chi connectivity index (χ4v) is 6.31. The van der Waals surface area contributed by atoms with E-state index >= 15 is 4.39 Å². The number of aryl methyl sites for hydroxylation is 2. The Morgan fingerprint density at radius 1 is 1.02 bits per heavy atom. The minimum absolute atomic E-state index is 0.0879. The second kappa shape index (κ2) is 12.6. The number of aromatic amines is 1. The van der Waals surface area contributed by atoms with Crippen molar-refractivity contribution in [3.63, 3.8) is 0 Å². The fraction of sp³-hybridized carbons (Fsp3) is 0.412. The number of hydrogen-bond donors (Lipinski definition) is 3. The van der Waals surface area contributed by atoms with Crippen molar-refractivity contribution in [1.29, 1.82) is 0 Å². The SMILES string of the molecule is Cc1ccc(Nc2cc(=O)n(CCCCN3CCN(c4cc5c(cc4F)c(=O)c(C(=O)O)cn5C4CC4)CC3C)c(=O)[nH]2)cc1C. The number of H-pyrrole nitrogens is 1. The van der Waals surface area contributed by atoms with Crippen LogP contribution in [0.2, 0.25) is 0 Å². The zero-order valence-corrected chi connectivity index (χ0v) is 26.3. The molecule has 2 aromatic heterocycles. The number of piperazine rings is 1. The highest BCUT2D eigenvalue weighted by molar-refractivity contribution is 5.93. The molecule has 6 rings (SSSR count). The van der Waals surface area contributed by atoms with Gasteiger partial charge in [-0.05, 0) is 88.4 Å². The standard InChI is InChI=1S/C34H39FN6O5/c1-20-6-7-23(14-21(20)2)36-30-17-31(42)40(34(46)37-30)11-5-4-10-38-12-13-39(18-22(38)3)29-16-28-25(15-27(29)35)32(43)26(33(44)45)19-41(28)24-8-9-24/h6-7,14-17,19,22,24,36H,4-5,8-13,18H2,1-3H3,(H,37,46)(H,44,45). The van der Waals surface area contributed by atoms with Crippen molar-refractivity contribution in [1.82, 2.24) is 19.0 Å². The summed E-state index contributed by atoms with van der Waals surface area (Å²) in [7, 11) is 0. The third-order valence-corrected chi connectivity index (χ3v) is 9.26. The lowest BCUT2D eigenvalue weighted by molar-refractivity contribution is 0.0694. The topological polar surface area (TPSA) is 133 Å². The normalized spacial score (nSPS) is 17.0. The summed E-state index contributed by atoms with van der Waals surface area (Å²) < 4.78 is 18.5. The van der Waals surface area contributed by atoms with Gasteiger partial charge in [-0.2, -0.15) is 0 Å². The molecule has 1 atom stereocenters. The number of nitrogens with zero attached hydrogens (tertiary/aromatic N) is 4. The number of aromatic nitrogens is 3. The van der Waals surface area contributed by atoms with Crippen LogP contribution in [0.25, 0.3) is 10.9 Å². The Morgan fingerprint density at radius 2 is 1.78 bits per heavy atom. The quantitative estimate of drug-likeness (QED) is 0.220. The maximum Gasteiger partial charge on any atom is 0.341 e. The number of carbonyl (C=O) groups is 1. The van der Waals surface area contributed by atoms with Crippen molar-refractivity contribution in [2.75, 3.05) is 36.4 Å². The van der Waals surface area contributed by atoms with Crippen LogP contribution in [-0.2, 0) is 6.54 Å². The van der Waals surface area contributed by atoms with Gasteiger partial charge in [-0.25, -0.2) is 14.0 Å². The van der Waals surface area contributed by atoms with Crippen LogP contribution in [0.3, 0.4) is 0 Å². The highest BCUT2D eigenvalue weighted by atomic mass is 19.1. The van der Waals surface area contributed by atoms with Gasteiger partial charge < -0.3 is 19.9 Å². The summed E-state index contributed by atoms with van der Waals surface area (Å²) >= 11 is 0. The predicted molar refractivity (Wildman–Crippen MR) is 176 cm³/mol. The first-order valence-electron chi connectivity index (χ1n) is 15.8. The van der Waals surface area contributed by atoms with Crippen molar-refractivity contribution in [3.05, 3.63) is 96.2 Å². The molecule has 3 N–H and O–H groups in total. The number of halogens is 1. The molecule has 0 bridgehead atoms. The van der Waals surface area contributed by atoms with Gasteiger partial charge in [0.05, 0.1) is 11.2 Å². The molecular weight excluding hydrogens is 591 g/mol. The Balaban J connectivity index is 1.06. The molecule has 242 valence electrons. The smallest absolute Gasteiger partial charge is 0.341 e. The van der Waals surface area contributed by atoms with E-state index in [0.717, 1.165) is 42.6 Å². The van der Waals surface area contributed by atoms with Crippen molar-refractivity contribution in [2.24, 2.45) is 0 Å². The molecule has 11 nitrogen and oxygen atoms in total. The molecule has 1 unspecified atom stereocenters. The first-order valence-corrected chi connectivity index (χ1v) is 15.8. The third kappa shape index (κ3) is 6.34. The first-order chi connectivity index (χ1) is 22.0. The molecule has 1 aliphatic heterocycles. The van der Waals surface area contributed by atoms with Crippen LogP contribution in [-0.4, -0.2) is 62.3 Å². The maximum absolute atomic E-state index is 15.4. The lowest BCUT2D eigenvalue weighted by Crippen LogP contribution is -2.52. The molecule has 3 heterocycles. The third-order valence-electron chi connectivity index (χ3n) is 9.26. The largest absolute Gasteiger partial charge is 0.477 e. The zero-order valence-electron chi connectivity index (χ0n) is 26.3. The summed E-state index contributed by atoms with van der Waals surface area (Å²) in [6.45, 7) is 9.05. The van der Waals surface area contributed by atoms with Gasteiger partial charge in [0.15, 0.2) is 0 Å². The molecule has 1 aliphatic carbocycles. The number of aromatic carboxylic acids is 1. The second-order valence-electron chi connectivity index (χ2n) is 12.6. The van der Waals surface area contributed by atoms with E-state index in [1.807, 2.05) is 41.5 Å². The number of nitrogens with one attached hydrogen (secondary N) is 2. The summed E-state index contributed by atoms with van der Waals surface area (Å²) in [4.78, 5) is 57.0. The molecule has 1 saturated heterocycles. The van der Waals surface area contributed by atoms with Gasteiger partial charge in [0.2, 0.25) is 5.43 Å². The van der Waals surface area contributed by atoms with E-state index in [-0.39, 0.29) is 28.6 Å². The monoisotopic (exact) mass is 630 g/mol. The van der Waals surface area contributed by atoms with Crippen LogP contribution >= 0.6 is 0 Å². The Morgan fingerprint density at radius 3 is 2.46 bits per heavy atom. The lowest BCUT2D eigenvalue weighted by Gasteiger charge is -2.41. The summed E-state index contributed by atoms with van der Waals surface area (Å²) in [5.41, 5.74) is 2.20. The molecule has 0 spiro atoms. The molecule has 2 aromatic carbocycles.